The van der Waals surface area contributed by atoms with Crippen molar-refractivity contribution in [1.29, 1.82) is 0 Å². The Hall–Kier alpha value is -2.94. The molecule has 0 bridgehead atoms. The molecule has 0 saturated heterocycles. The number of nitrogens with one attached hydrogen (secondary N) is 2. The molecule has 0 spiro atoms. The number of carbonyl (C=O) groups is 4. The van der Waals surface area contributed by atoms with Crippen LogP contribution in [0.1, 0.15) is 37.7 Å². The second-order valence-electron chi connectivity index (χ2n) is 6.52. The third-order valence-corrected chi connectivity index (χ3v) is 4.15. The number of aryl methyl sites for hydroxylation is 1. The third kappa shape index (κ3) is 9.13. The van der Waals surface area contributed by atoms with Gasteiger partial charge in [-0.05, 0) is 37.8 Å². The lowest BCUT2D eigenvalue weighted by Gasteiger charge is -2.21. The van der Waals surface area contributed by atoms with E-state index in [0.29, 0.717) is 32.2 Å². The number of carbonyl (C=O) groups excluding carboxylic acids is 4. The fourth-order valence-corrected chi connectivity index (χ4v) is 2.63. The van der Waals surface area contributed by atoms with E-state index in [9.17, 15) is 19.2 Å². The number of nitrogens with two attached hydrogens (primary N) is 3. The van der Waals surface area contributed by atoms with Crippen molar-refractivity contribution in [1.82, 2.24) is 10.6 Å². The van der Waals surface area contributed by atoms with Crippen LogP contribution >= 0.6 is 0 Å². The smallest absolute Gasteiger partial charge is 0.243 e. The molecule has 0 fully saturated rings. The van der Waals surface area contributed by atoms with Gasteiger partial charge in [-0.15, -0.1) is 0 Å². The Kier molecular flexibility index (Phi) is 10.3. The zero-order valence-electron chi connectivity index (χ0n) is 15.9. The zero-order chi connectivity index (χ0) is 20.9. The fourth-order valence-electron chi connectivity index (χ4n) is 2.63. The molecule has 4 amide bonds. The maximum absolute atomic E-state index is 12.5. The van der Waals surface area contributed by atoms with E-state index >= 15 is 0 Å². The highest BCUT2D eigenvalue weighted by Crippen LogP contribution is 2.06. The molecule has 1 aromatic rings. The van der Waals surface area contributed by atoms with Crippen molar-refractivity contribution < 1.29 is 19.2 Å². The lowest BCUT2D eigenvalue weighted by Crippen LogP contribution is -2.53. The van der Waals surface area contributed by atoms with E-state index in [2.05, 4.69) is 10.6 Å². The van der Waals surface area contributed by atoms with Gasteiger partial charge in [-0.3, -0.25) is 19.2 Å². The summed E-state index contributed by atoms with van der Waals surface area (Å²) in [5, 5.41) is 5.08. The molecule has 1 aromatic carbocycles. The molecule has 154 valence electrons. The van der Waals surface area contributed by atoms with E-state index in [4.69, 9.17) is 17.2 Å². The Balaban J connectivity index is 2.68. The summed E-state index contributed by atoms with van der Waals surface area (Å²) in [5.41, 5.74) is 16.8. The van der Waals surface area contributed by atoms with E-state index < -0.39 is 36.2 Å². The highest BCUT2D eigenvalue weighted by molar-refractivity contribution is 5.93. The molecule has 8 N–H and O–H groups in total. The van der Waals surface area contributed by atoms with Gasteiger partial charge in [0.1, 0.15) is 12.1 Å². The first-order chi connectivity index (χ1) is 13.3. The van der Waals surface area contributed by atoms with Gasteiger partial charge in [0, 0.05) is 6.42 Å². The van der Waals surface area contributed by atoms with E-state index in [0.717, 1.165) is 5.56 Å². The molecule has 1 rings (SSSR count). The van der Waals surface area contributed by atoms with Crippen molar-refractivity contribution in [3.05, 3.63) is 35.9 Å². The summed E-state index contributed by atoms with van der Waals surface area (Å²) in [4.78, 5) is 47.3. The predicted octanol–water partition coefficient (Wildman–Crippen LogP) is -0.921. The molecule has 0 unspecified atom stereocenters. The van der Waals surface area contributed by atoms with Crippen LogP contribution in [0.2, 0.25) is 0 Å². The second kappa shape index (κ2) is 12.4. The van der Waals surface area contributed by atoms with Gasteiger partial charge in [0.2, 0.25) is 23.6 Å². The first kappa shape index (κ1) is 23.1. The topological polar surface area (TPSA) is 170 Å². The average molecular weight is 391 g/mol. The average Bonchev–Trinajstić information content (AvgIpc) is 2.65. The van der Waals surface area contributed by atoms with Gasteiger partial charge < -0.3 is 27.8 Å². The molecule has 0 saturated carbocycles. The number of primary amides is 2. The number of unbranched alkanes of at least 4 members (excludes halogenated alkanes) is 1. The van der Waals surface area contributed by atoms with Gasteiger partial charge in [-0.2, -0.15) is 0 Å². The molecule has 0 aromatic heterocycles. The van der Waals surface area contributed by atoms with Crippen molar-refractivity contribution in [2.24, 2.45) is 17.2 Å². The SMILES string of the molecule is NCCCC[C@H](NC(=O)CCc1ccccc1)C(=O)N[C@@H](CC(N)=O)C(N)=O. The molecule has 28 heavy (non-hydrogen) atoms. The van der Waals surface area contributed by atoms with Gasteiger partial charge in [0.15, 0.2) is 0 Å². The van der Waals surface area contributed by atoms with Crippen LogP contribution in [0, 0.1) is 0 Å². The first-order valence-corrected chi connectivity index (χ1v) is 9.24. The highest BCUT2D eigenvalue weighted by Gasteiger charge is 2.26. The van der Waals surface area contributed by atoms with Crippen LogP contribution in [0.3, 0.4) is 0 Å². The van der Waals surface area contributed by atoms with Crippen molar-refractivity contribution >= 4 is 23.6 Å². The van der Waals surface area contributed by atoms with Crippen LogP contribution in [0.4, 0.5) is 0 Å². The molecule has 0 radical (unpaired) electrons. The van der Waals surface area contributed by atoms with Crippen molar-refractivity contribution in [2.45, 2.75) is 50.6 Å². The Bertz CT molecular complexity index is 666. The molecule has 0 aliphatic rings. The molecule has 0 aliphatic carbocycles. The number of hydrogen-bond donors (Lipinski definition) is 5. The van der Waals surface area contributed by atoms with Gasteiger partial charge in [-0.25, -0.2) is 0 Å². The van der Waals surface area contributed by atoms with E-state index in [1.165, 1.54) is 0 Å². The maximum atomic E-state index is 12.5. The van der Waals surface area contributed by atoms with Crippen LogP contribution < -0.4 is 27.8 Å². The minimum atomic E-state index is -1.22. The molecule has 9 nitrogen and oxygen atoms in total. The van der Waals surface area contributed by atoms with Crippen LogP contribution in [0.5, 0.6) is 0 Å². The lowest BCUT2D eigenvalue weighted by atomic mass is 10.1. The van der Waals surface area contributed by atoms with E-state index in [-0.39, 0.29) is 12.3 Å². The second-order valence-corrected chi connectivity index (χ2v) is 6.52. The summed E-state index contributed by atoms with van der Waals surface area (Å²) in [5.74, 6) is -2.52. The normalized spacial score (nSPS) is 12.6. The summed E-state index contributed by atoms with van der Waals surface area (Å²) in [6, 6.07) is 7.42. The minimum absolute atomic E-state index is 0.214. The minimum Gasteiger partial charge on any atom is -0.370 e. The number of benzene rings is 1. The quantitative estimate of drug-likeness (QED) is 0.273. The lowest BCUT2D eigenvalue weighted by molar-refractivity contribution is -0.132. The summed E-state index contributed by atoms with van der Waals surface area (Å²) >= 11 is 0. The van der Waals surface area contributed by atoms with Crippen LogP contribution in [0.25, 0.3) is 0 Å². The summed E-state index contributed by atoms with van der Waals surface area (Å²) in [7, 11) is 0. The molecule has 2 atom stereocenters. The maximum Gasteiger partial charge on any atom is 0.243 e. The Labute approximate surface area is 164 Å². The standard InChI is InChI=1S/C19H29N5O4/c20-11-5-4-8-14(19(28)24-15(18(22)27)12-16(21)25)23-17(26)10-9-13-6-2-1-3-7-13/h1-3,6-7,14-15H,4-5,8-12,20H2,(H2,21,25)(H2,22,27)(H,23,26)(H,24,28)/t14-,15-/m0/s1. The van der Waals surface area contributed by atoms with Crippen LogP contribution in [-0.2, 0) is 25.6 Å². The summed E-state index contributed by atoms with van der Waals surface area (Å²) < 4.78 is 0. The Morgan fingerprint density at radius 1 is 0.929 bits per heavy atom. The summed E-state index contributed by atoms with van der Waals surface area (Å²) in [6.07, 6.45) is 2.00. The van der Waals surface area contributed by atoms with Crippen molar-refractivity contribution in [2.75, 3.05) is 6.54 Å². The van der Waals surface area contributed by atoms with Gasteiger partial charge in [-0.1, -0.05) is 30.3 Å². The van der Waals surface area contributed by atoms with Crippen LogP contribution in [0.15, 0.2) is 30.3 Å². The molecular weight excluding hydrogens is 362 g/mol. The van der Waals surface area contributed by atoms with Gasteiger partial charge in [0.25, 0.3) is 0 Å². The van der Waals surface area contributed by atoms with Crippen molar-refractivity contribution in [3.63, 3.8) is 0 Å². The highest BCUT2D eigenvalue weighted by atomic mass is 16.2. The molecule has 9 heteroatoms. The largest absolute Gasteiger partial charge is 0.370 e. The number of rotatable bonds is 13. The van der Waals surface area contributed by atoms with E-state index in [1.54, 1.807) is 0 Å². The number of hydrogen-bond acceptors (Lipinski definition) is 5. The fraction of sp³-hybridized carbons (Fsp3) is 0.474. The molecule has 0 aliphatic heterocycles. The van der Waals surface area contributed by atoms with Gasteiger partial charge in [0.05, 0.1) is 6.42 Å². The monoisotopic (exact) mass is 391 g/mol. The van der Waals surface area contributed by atoms with Crippen LogP contribution in [-0.4, -0.2) is 42.3 Å². The van der Waals surface area contributed by atoms with E-state index in [1.807, 2.05) is 30.3 Å². The summed E-state index contributed by atoms with van der Waals surface area (Å²) in [6.45, 7) is 0.460. The zero-order valence-corrected chi connectivity index (χ0v) is 15.9. The third-order valence-electron chi connectivity index (χ3n) is 4.15. The van der Waals surface area contributed by atoms with Gasteiger partial charge >= 0.3 is 0 Å². The van der Waals surface area contributed by atoms with Crippen molar-refractivity contribution in [3.8, 4) is 0 Å². The Morgan fingerprint density at radius 3 is 2.18 bits per heavy atom. The molecule has 0 heterocycles. The molecular formula is C19H29N5O4. The first-order valence-electron chi connectivity index (χ1n) is 9.24. The predicted molar refractivity (Wildman–Crippen MR) is 105 cm³/mol. The number of amides is 4. The Morgan fingerprint density at radius 2 is 1.61 bits per heavy atom.